The maximum atomic E-state index is 12.8. The van der Waals surface area contributed by atoms with Crippen LogP contribution in [0.15, 0.2) is 12.1 Å². The molecule has 3 amide bonds. The first-order valence-electron chi connectivity index (χ1n) is 7.57. The number of methoxy groups -OCH3 is 1. The molecule has 1 atom stereocenters. The van der Waals surface area contributed by atoms with E-state index in [9.17, 15) is 14.4 Å². The van der Waals surface area contributed by atoms with Crippen LogP contribution in [0.2, 0.25) is 5.02 Å². The van der Waals surface area contributed by atoms with E-state index in [1.165, 1.54) is 24.1 Å². The second-order valence-electron chi connectivity index (χ2n) is 5.15. The van der Waals surface area contributed by atoms with Crippen LogP contribution in [0, 0.1) is 0 Å². The van der Waals surface area contributed by atoms with Gasteiger partial charge in [-0.25, -0.2) is 0 Å². The fraction of sp³-hybridized carbons (Fsp3) is 0.438. The van der Waals surface area contributed by atoms with Gasteiger partial charge in [-0.3, -0.25) is 19.7 Å². The number of ether oxygens (including phenoxy) is 2. The third kappa shape index (κ3) is 3.46. The number of nitrogens with zero attached hydrogens (tertiary/aromatic N) is 1. The Hall–Kier alpha value is -2.28. The van der Waals surface area contributed by atoms with E-state index in [0.717, 1.165) is 0 Å². The van der Waals surface area contributed by atoms with Gasteiger partial charge in [-0.2, -0.15) is 0 Å². The number of amides is 3. The van der Waals surface area contributed by atoms with Crippen LogP contribution in [0.5, 0.6) is 11.5 Å². The normalized spacial score (nSPS) is 16.8. The van der Waals surface area contributed by atoms with E-state index in [-0.39, 0.29) is 23.6 Å². The highest BCUT2D eigenvalue weighted by Gasteiger charge is 2.37. The van der Waals surface area contributed by atoms with Gasteiger partial charge in [0, 0.05) is 12.1 Å². The minimum absolute atomic E-state index is 0.0414. The third-order valence-electron chi connectivity index (χ3n) is 3.69. The summed E-state index contributed by atoms with van der Waals surface area (Å²) in [4.78, 5) is 37.4. The van der Waals surface area contributed by atoms with Crippen LogP contribution >= 0.6 is 11.6 Å². The van der Waals surface area contributed by atoms with E-state index >= 15 is 0 Å². The first kappa shape index (κ1) is 18.1. The fourth-order valence-electron chi connectivity index (χ4n) is 2.59. The summed E-state index contributed by atoms with van der Waals surface area (Å²) in [6.45, 7) is 4.22. The second kappa shape index (κ2) is 7.53. The SMILES string of the molecule is CCOc1c(Cl)cc(C(=O)N(CC)[C@H]2CC(=O)NC2=O)cc1OC. The quantitative estimate of drug-likeness (QED) is 0.785. The fourth-order valence-corrected chi connectivity index (χ4v) is 2.86. The largest absolute Gasteiger partial charge is 0.493 e. The lowest BCUT2D eigenvalue weighted by Crippen LogP contribution is -2.44. The molecule has 0 radical (unpaired) electrons. The standard InChI is InChI=1S/C16H19ClN2O5/c1-4-19(11-8-13(20)18-15(11)21)16(22)9-6-10(17)14(24-5-2)12(7-9)23-3/h6-7,11H,4-5,8H2,1-3H3,(H,18,20,21)/t11-/m0/s1. The highest BCUT2D eigenvalue weighted by Crippen LogP contribution is 2.37. The summed E-state index contributed by atoms with van der Waals surface area (Å²) < 4.78 is 10.7. The first-order chi connectivity index (χ1) is 11.4. The third-order valence-corrected chi connectivity index (χ3v) is 3.97. The molecule has 0 aromatic heterocycles. The summed E-state index contributed by atoms with van der Waals surface area (Å²) in [5.41, 5.74) is 0.259. The topological polar surface area (TPSA) is 84.9 Å². The Labute approximate surface area is 144 Å². The van der Waals surface area contributed by atoms with Crippen molar-refractivity contribution in [3.8, 4) is 11.5 Å². The van der Waals surface area contributed by atoms with Crippen LogP contribution in [0.25, 0.3) is 0 Å². The highest BCUT2D eigenvalue weighted by molar-refractivity contribution is 6.32. The molecular formula is C16H19ClN2O5. The minimum Gasteiger partial charge on any atom is -0.493 e. The van der Waals surface area contributed by atoms with Gasteiger partial charge in [0.05, 0.1) is 25.2 Å². The lowest BCUT2D eigenvalue weighted by molar-refractivity contribution is -0.126. The molecule has 0 spiro atoms. The molecule has 0 aliphatic carbocycles. The predicted molar refractivity (Wildman–Crippen MR) is 87.4 cm³/mol. The van der Waals surface area contributed by atoms with Gasteiger partial charge < -0.3 is 14.4 Å². The number of imide groups is 1. The van der Waals surface area contributed by atoms with E-state index in [2.05, 4.69) is 5.32 Å². The smallest absolute Gasteiger partial charge is 0.254 e. The average Bonchev–Trinajstić information content (AvgIpc) is 2.88. The molecule has 1 aromatic rings. The van der Waals surface area contributed by atoms with Gasteiger partial charge in [-0.15, -0.1) is 0 Å². The number of nitrogens with one attached hydrogen (secondary N) is 1. The Morgan fingerprint density at radius 1 is 1.38 bits per heavy atom. The van der Waals surface area contributed by atoms with Crippen molar-refractivity contribution < 1.29 is 23.9 Å². The Balaban J connectivity index is 2.35. The molecule has 1 aromatic carbocycles. The number of carbonyl (C=O) groups excluding carboxylic acids is 3. The zero-order chi connectivity index (χ0) is 17.9. The number of halogens is 1. The summed E-state index contributed by atoms with van der Waals surface area (Å²) in [6, 6.07) is 2.16. The van der Waals surface area contributed by atoms with Crippen molar-refractivity contribution >= 4 is 29.3 Å². The van der Waals surface area contributed by atoms with Crippen molar-refractivity contribution in [2.45, 2.75) is 26.3 Å². The van der Waals surface area contributed by atoms with Crippen molar-refractivity contribution in [1.29, 1.82) is 0 Å². The summed E-state index contributed by atoms with van der Waals surface area (Å²) >= 11 is 6.19. The summed E-state index contributed by atoms with van der Waals surface area (Å²) in [6.07, 6.45) is -0.0414. The first-order valence-corrected chi connectivity index (χ1v) is 7.95. The van der Waals surface area contributed by atoms with E-state index in [0.29, 0.717) is 18.1 Å². The molecule has 1 saturated heterocycles. The van der Waals surface area contributed by atoms with Gasteiger partial charge in [0.1, 0.15) is 6.04 Å². The van der Waals surface area contributed by atoms with Crippen LogP contribution in [0.3, 0.4) is 0 Å². The average molecular weight is 355 g/mol. The Bertz CT molecular complexity index is 677. The molecule has 130 valence electrons. The summed E-state index contributed by atoms with van der Waals surface area (Å²) in [7, 11) is 1.45. The molecule has 1 heterocycles. The number of hydrogen-bond acceptors (Lipinski definition) is 5. The lowest BCUT2D eigenvalue weighted by Gasteiger charge is -2.25. The van der Waals surface area contributed by atoms with Crippen LogP contribution in [-0.2, 0) is 9.59 Å². The van der Waals surface area contributed by atoms with Crippen LogP contribution in [-0.4, -0.2) is 48.9 Å². The lowest BCUT2D eigenvalue weighted by atomic mass is 10.1. The van der Waals surface area contributed by atoms with Crippen molar-refractivity contribution in [3.05, 3.63) is 22.7 Å². The highest BCUT2D eigenvalue weighted by atomic mass is 35.5. The molecular weight excluding hydrogens is 336 g/mol. The molecule has 0 unspecified atom stereocenters. The van der Waals surface area contributed by atoms with E-state index in [1.807, 2.05) is 6.92 Å². The van der Waals surface area contributed by atoms with Gasteiger partial charge >= 0.3 is 0 Å². The number of hydrogen-bond donors (Lipinski definition) is 1. The van der Waals surface area contributed by atoms with E-state index in [1.54, 1.807) is 6.92 Å². The molecule has 8 heteroatoms. The zero-order valence-electron chi connectivity index (χ0n) is 13.7. The van der Waals surface area contributed by atoms with Gasteiger partial charge in [0.2, 0.25) is 11.8 Å². The van der Waals surface area contributed by atoms with Gasteiger partial charge in [-0.05, 0) is 26.0 Å². The number of rotatable bonds is 6. The van der Waals surface area contributed by atoms with Crippen LogP contribution < -0.4 is 14.8 Å². The zero-order valence-corrected chi connectivity index (χ0v) is 14.5. The monoisotopic (exact) mass is 354 g/mol. The Kier molecular flexibility index (Phi) is 5.66. The van der Waals surface area contributed by atoms with Crippen molar-refractivity contribution in [1.82, 2.24) is 10.2 Å². The van der Waals surface area contributed by atoms with Crippen molar-refractivity contribution in [3.63, 3.8) is 0 Å². The number of benzene rings is 1. The molecule has 24 heavy (non-hydrogen) atoms. The Morgan fingerprint density at radius 2 is 2.08 bits per heavy atom. The second-order valence-corrected chi connectivity index (χ2v) is 5.55. The molecule has 1 N–H and O–H groups in total. The maximum Gasteiger partial charge on any atom is 0.254 e. The minimum atomic E-state index is -0.814. The van der Waals surface area contributed by atoms with Gasteiger partial charge in [0.15, 0.2) is 11.5 Å². The predicted octanol–water partition coefficient (Wildman–Crippen LogP) is 1.62. The number of carbonyl (C=O) groups is 3. The van der Waals surface area contributed by atoms with E-state index in [4.69, 9.17) is 21.1 Å². The van der Waals surface area contributed by atoms with Crippen molar-refractivity contribution in [2.24, 2.45) is 0 Å². The molecule has 1 aliphatic rings. The molecule has 1 aliphatic heterocycles. The van der Waals surface area contributed by atoms with E-state index < -0.39 is 23.8 Å². The number of likely N-dealkylation sites (N-methyl/N-ethyl adjacent to an activating group) is 1. The molecule has 7 nitrogen and oxygen atoms in total. The van der Waals surface area contributed by atoms with Crippen LogP contribution in [0.4, 0.5) is 0 Å². The maximum absolute atomic E-state index is 12.8. The summed E-state index contributed by atoms with van der Waals surface area (Å²) in [5, 5.41) is 2.44. The van der Waals surface area contributed by atoms with Crippen LogP contribution in [0.1, 0.15) is 30.6 Å². The van der Waals surface area contributed by atoms with Gasteiger partial charge in [-0.1, -0.05) is 11.6 Å². The molecule has 0 saturated carbocycles. The molecule has 0 bridgehead atoms. The Morgan fingerprint density at radius 3 is 2.58 bits per heavy atom. The van der Waals surface area contributed by atoms with Crippen molar-refractivity contribution in [2.75, 3.05) is 20.3 Å². The van der Waals surface area contributed by atoms with Gasteiger partial charge in [0.25, 0.3) is 5.91 Å². The molecule has 2 rings (SSSR count). The summed E-state index contributed by atoms with van der Waals surface area (Å²) in [5.74, 6) is -0.584. The molecule has 1 fully saturated rings.